The number of benzene rings is 2. The maximum absolute atomic E-state index is 14.0. The number of carbonyl (C=O) groups is 2. The molecule has 0 fully saturated rings. The second-order valence-corrected chi connectivity index (χ2v) is 9.33. The summed E-state index contributed by atoms with van der Waals surface area (Å²) in [7, 11) is 1.42. The van der Waals surface area contributed by atoms with Crippen molar-refractivity contribution in [2.24, 2.45) is 0 Å². The lowest BCUT2D eigenvalue weighted by Gasteiger charge is -2.18. The lowest BCUT2D eigenvalue weighted by Crippen LogP contribution is -2.12. The molecule has 0 saturated heterocycles. The van der Waals surface area contributed by atoms with E-state index >= 15 is 0 Å². The van der Waals surface area contributed by atoms with Crippen LogP contribution in [0.15, 0.2) is 38.6 Å². The van der Waals surface area contributed by atoms with Crippen LogP contribution in [0, 0.1) is 6.92 Å². The van der Waals surface area contributed by atoms with Gasteiger partial charge in [0.1, 0.15) is 28.1 Å². The summed E-state index contributed by atoms with van der Waals surface area (Å²) in [6, 6.07) is 1.42. The van der Waals surface area contributed by atoms with Crippen molar-refractivity contribution in [3.05, 3.63) is 56.3 Å². The van der Waals surface area contributed by atoms with E-state index in [0.29, 0.717) is 23.1 Å². The van der Waals surface area contributed by atoms with Crippen molar-refractivity contribution in [2.45, 2.75) is 61.3 Å². The number of carbonyl (C=O) groups excluding carboxylic acids is 2. The van der Waals surface area contributed by atoms with Crippen LogP contribution in [0.5, 0.6) is 23.0 Å². The number of phenolic OH excluding ortho intramolecular Hbond substituents is 1. The van der Waals surface area contributed by atoms with E-state index in [9.17, 15) is 19.5 Å². The van der Waals surface area contributed by atoms with Crippen molar-refractivity contribution in [2.75, 3.05) is 7.11 Å². The summed E-state index contributed by atoms with van der Waals surface area (Å²) in [6.07, 6.45) is 4.31. The van der Waals surface area contributed by atoms with Crippen LogP contribution in [0.4, 0.5) is 0 Å². The fourth-order valence-electron chi connectivity index (χ4n) is 4.19. The van der Waals surface area contributed by atoms with Gasteiger partial charge in [-0.2, -0.15) is 0 Å². The first-order valence-corrected chi connectivity index (χ1v) is 11.9. The quantitative estimate of drug-likeness (QED) is 0.183. The summed E-state index contributed by atoms with van der Waals surface area (Å²) in [5.41, 5.74) is 2.88. The minimum atomic E-state index is -0.575. The predicted molar refractivity (Wildman–Crippen MR) is 142 cm³/mol. The SMILES string of the molecule is COc1c(OC(C)=O)cc2oc3c(C)c(OC(C)=O)c(CC=C(C)C)c(O)c3c(=O)c2c1CC=C(C)C. The van der Waals surface area contributed by atoms with Gasteiger partial charge in [0, 0.05) is 36.6 Å². The maximum atomic E-state index is 14.0. The number of ether oxygens (including phenoxy) is 3. The fourth-order valence-corrected chi connectivity index (χ4v) is 4.19. The molecule has 0 aliphatic rings. The Balaban J connectivity index is 2.57. The van der Waals surface area contributed by atoms with Gasteiger partial charge in [0.05, 0.1) is 12.5 Å². The van der Waals surface area contributed by atoms with Gasteiger partial charge in [-0.15, -0.1) is 0 Å². The maximum Gasteiger partial charge on any atom is 0.308 e. The smallest absolute Gasteiger partial charge is 0.308 e. The number of methoxy groups -OCH3 is 1. The number of rotatable bonds is 7. The molecule has 0 atom stereocenters. The standard InChI is InChI=1S/C29H32O8/c1-14(2)9-11-19-23-21(13-22(29(19)34-8)35-17(6)30)37-28-16(5)27(36-18(7)31)20(12-10-15(3)4)25(32)24(28)26(23)33/h9-10,13,32H,11-12H2,1-8H3. The van der Waals surface area contributed by atoms with E-state index in [1.807, 2.05) is 39.8 Å². The first kappa shape index (κ1) is 27.5. The molecule has 8 heteroatoms. The topological polar surface area (TPSA) is 112 Å². The Kier molecular flexibility index (Phi) is 8.11. The van der Waals surface area contributed by atoms with Gasteiger partial charge in [0.25, 0.3) is 0 Å². The highest BCUT2D eigenvalue weighted by Gasteiger charge is 2.27. The van der Waals surface area contributed by atoms with Crippen molar-refractivity contribution >= 4 is 33.9 Å². The Morgan fingerprint density at radius 2 is 1.46 bits per heavy atom. The van der Waals surface area contributed by atoms with Crippen molar-refractivity contribution in [1.82, 2.24) is 0 Å². The first-order chi connectivity index (χ1) is 17.4. The molecule has 0 amide bonds. The van der Waals surface area contributed by atoms with Crippen LogP contribution in [-0.4, -0.2) is 24.2 Å². The van der Waals surface area contributed by atoms with Crippen LogP contribution in [0.3, 0.4) is 0 Å². The van der Waals surface area contributed by atoms with Crippen molar-refractivity contribution in [3.63, 3.8) is 0 Å². The molecule has 0 saturated carbocycles. The summed E-state index contributed by atoms with van der Waals surface area (Å²) in [5, 5.41) is 11.5. The van der Waals surface area contributed by atoms with Crippen LogP contribution in [0.25, 0.3) is 21.9 Å². The average Bonchev–Trinajstić information content (AvgIpc) is 2.79. The fraction of sp³-hybridized carbons (Fsp3) is 0.345. The minimum absolute atomic E-state index is 0.0289. The van der Waals surface area contributed by atoms with Crippen LogP contribution in [0.2, 0.25) is 0 Å². The van der Waals surface area contributed by atoms with Crippen LogP contribution >= 0.6 is 0 Å². The Labute approximate surface area is 215 Å². The Hall–Kier alpha value is -4.07. The third-order valence-electron chi connectivity index (χ3n) is 5.81. The Morgan fingerprint density at radius 3 is 1.97 bits per heavy atom. The number of fused-ring (bicyclic) bond motifs is 2. The zero-order valence-corrected chi connectivity index (χ0v) is 22.5. The van der Waals surface area contributed by atoms with Crippen molar-refractivity contribution in [1.29, 1.82) is 0 Å². The monoisotopic (exact) mass is 508 g/mol. The third-order valence-corrected chi connectivity index (χ3v) is 5.81. The second-order valence-electron chi connectivity index (χ2n) is 9.33. The van der Waals surface area contributed by atoms with Gasteiger partial charge in [-0.1, -0.05) is 23.3 Å². The lowest BCUT2D eigenvalue weighted by molar-refractivity contribution is -0.132. The molecular formula is C29H32O8. The first-order valence-electron chi connectivity index (χ1n) is 11.9. The van der Waals surface area contributed by atoms with Gasteiger partial charge in [0.2, 0.25) is 5.43 Å². The normalized spacial score (nSPS) is 10.8. The minimum Gasteiger partial charge on any atom is -0.507 e. The van der Waals surface area contributed by atoms with E-state index in [2.05, 4.69) is 0 Å². The molecule has 1 aromatic heterocycles. The number of allylic oxidation sites excluding steroid dienone is 4. The highest BCUT2D eigenvalue weighted by atomic mass is 16.6. The number of phenols is 1. The molecule has 1 heterocycles. The predicted octanol–water partition coefficient (Wildman–Crippen LogP) is 5.84. The molecule has 0 spiro atoms. The molecule has 0 bridgehead atoms. The van der Waals surface area contributed by atoms with E-state index in [1.165, 1.54) is 27.0 Å². The Morgan fingerprint density at radius 1 is 0.892 bits per heavy atom. The average molecular weight is 509 g/mol. The van der Waals surface area contributed by atoms with E-state index in [4.69, 9.17) is 18.6 Å². The van der Waals surface area contributed by atoms with E-state index in [-0.39, 0.29) is 51.4 Å². The molecule has 3 aromatic rings. The molecule has 37 heavy (non-hydrogen) atoms. The van der Waals surface area contributed by atoms with Gasteiger partial charge in [-0.25, -0.2) is 0 Å². The second kappa shape index (κ2) is 10.9. The molecule has 196 valence electrons. The zero-order chi connectivity index (χ0) is 27.6. The number of hydrogen-bond donors (Lipinski definition) is 1. The summed E-state index contributed by atoms with van der Waals surface area (Å²) in [5.74, 6) is -0.996. The van der Waals surface area contributed by atoms with Gasteiger partial charge < -0.3 is 23.7 Å². The summed E-state index contributed by atoms with van der Waals surface area (Å²) < 4.78 is 22.6. The third kappa shape index (κ3) is 5.53. The van der Waals surface area contributed by atoms with Crippen LogP contribution in [0.1, 0.15) is 58.2 Å². The van der Waals surface area contributed by atoms with Crippen LogP contribution < -0.4 is 19.6 Å². The zero-order valence-electron chi connectivity index (χ0n) is 22.5. The van der Waals surface area contributed by atoms with Gasteiger partial charge in [-0.05, 0) is 47.5 Å². The molecule has 0 unspecified atom stereocenters. The molecule has 1 N–H and O–H groups in total. The highest BCUT2D eigenvalue weighted by Crippen LogP contribution is 2.43. The van der Waals surface area contributed by atoms with Gasteiger partial charge in [-0.3, -0.25) is 14.4 Å². The molecule has 2 aromatic carbocycles. The summed E-state index contributed by atoms with van der Waals surface area (Å²) in [4.78, 5) is 37.7. The van der Waals surface area contributed by atoms with E-state index in [1.54, 1.807) is 6.92 Å². The largest absolute Gasteiger partial charge is 0.507 e. The van der Waals surface area contributed by atoms with E-state index < -0.39 is 17.4 Å². The Bertz CT molecular complexity index is 1530. The number of aryl methyl sites for hydroxylation is 1. The van der Waals surface area contributed by atoms with Crippen molar-refractivity contribution in [3.8, 4) is 23.0 Å². The molecular weight excluding hydrogens is 476 g/mol. The highest BCUT2D eigenvalue weighted by molar-refractivity contribution is 6.00. The van der Waals surface area contributed by atoms with Crippen molar-refractivity contribution < 1.29 is 33.3 Å². The number of hydrogen-bond acceptors (Lipinski definition) is 8. The lowest BCUT2D eigenvalue weighted by atomic mass is 9.96. The van der Waals surface area contributed by atoms with Gasteiger partial charge >= 0.3 is 11.9 Å². The molecule has 8 nitrogen and oxygen atoms in total. The van der Waals surface area contributed by atoms with Crippen LogP contribution in [-0.2, 0) is 22.4 Å². The van der Waals surface area contributed by atoms with Gasteiger partial charge in [0.15, 0.2) is 11.5 Å². The number of esters is 2. The van der Waals surface area contributed by atoms with E-state index in [0.717, 1.165) is 11.1 Å². The summed E-state index contributed by atoms with van der Waals surface area (Å²) >= 11 is 0. The molecule has 0 aliphatic carbocycles. The molecule has 0 aliphatic heterocycles. The molecule has 3 rings (SSSR count). The molecule has 0 radical (unpaired) electrons. The number of aromatic hydroxyl groups is 1. The summed E-state index contributed by atoms with van der Waals surface area (Å²) in [6.45, 7) is 11.8.